The molecule has 1 fully saturated rings. The average molecular weight is 535 g/mol. The molecule has 0 atom stereocenters. The summed E-state index contributed by atoms with van der Waals surface area (Å²) >= 11 is 0. The fraction of sp³-hybridized carbons (Fsp3) is 0.360. The van der Waals surface area contributed by atoms with Crippen LogP contribution >= 0.6 is 0 Å². The fourth-order valence-electron chi connectivity index (χ4n) is 3.77. The van der Waals surface area contributed by atoms with E-state index in [0.717, 1.165) is 23.0 Å². The van der Waals surface area contributed by atoms with Crippen molar-refractivity contribution in [2.75, 3.05) is 36.4 Å². The summed E-state index contributed by atoms with van der Waals surface area (Å²) in [5.74, 6) is -0.992. The molecule has 4 rings (SSSR count). The van der Waals surface area contributed by atoms with Gasteiger partial charge >= 0.3 is 12.3 Å². The first-order valence-electron chi connectivity index (χ1n) is 11.7. The topological polar surface area (TPSA) is 92.6 Å². The van der Waals surface area contributed by atoms with Gasteiger partial charge in [0.15, 0.2) is 5.69 Å². The van der Waals surface area contributed by atoms with Crippen molar-refractivity contribution in [1.82, 2.24) is 19.7 Å². The van der Waals surface area contributed by atoms with Crippen LogP contribution in [0.4, 0.5) is 33.9 Å². The van der Waals surface area contributed by atoms with Crippen LogP contribution in [0.15, 0.2) is 48.8 Å². The molecule has 1 N–H and O–H groups in total. The minimum absolute atomic E-state index is 0.161. The van der Waals surface area contributed by atoms with Crippen LogP contribution in [0.25, 0.3) is 5.69 Å². The van der Waals surface area contributed by atoms with Gasteiger partial charge in [-0.05, 0) is 57.2 Å². The van der Waals surface area contributed by atoms with E-state index in [9.17, 15) is 27.2 Å². The number of pyridine rings is 1. The zero-order chi connectivity index (χ0) is 27.7. The summed E-state index contributed by atoms with van der Waals surface area (Å²) in [5.41, 5.74) is -2.30. The van der Waals surface area contributed by atoms with Gasteiger partial charge in [0.2, 0.25) is 0 Å². The zero-order valence-corrected chi connectivity index (χ0v) is 20.9. The minimum Gasteiger partial charge on any atom is -0.444 e. The molecule has 0 aliphatic carbocycles. The lowest BCUT2D eigenvalue weighted by atomic mass is 10.2. The SMILES string of the molecule is CC(C)(C)OC(=O)N1CCN(c2ccc(NC(=O)c3cn(-c4ccc(F)cc4)nc3C(F)(F)F)cn2)CC1. The molecule has 1 aromatic carbocycles. The number of piperazine rings is 1. The number of alkyl halides is 3. The van der Waals surface area contributed by atoms with Crippen molar-refractivity contribution in [3.63, 3.8) is 0 Å². The van der Waals surface area contributed by atoms with Crippen molar-refractivity contribution in [2.45, 2.75) is 32.5 Å². The molecule has 0 radical (unpaired) electrons. The van der Waals surface area contributed by atoms with Crippen LogP contribution < -0.4 is 10.2 Å². The van der Waals surface area contributed by atoms with Crippen LogP contribution in [0.2, 0.25) is 0 Å². The van der Waals surface area contributed by atoms with E-state index < -0.39 is 34.8 Å². The van der Waals surface area contributed by atoms with Gasteiger partial charge in [-0.15, -0.1) is 0 Å². The normalized spacial score (nSPS) is 14.4. The number of nitrogens with zero attached hydrogens (tertiary/aromatic N) is 5. The molecular weight excluding hydrogens is 508 g/mol. The lowest BCUT2D eigenvalue weighted by molar-refractivity contribution is -0.141. The standard InChI is InChI=1S/C25H26F4N6O3/c1-24(2,3)38-23(37)34-12-10-33(11-13-34)20-9-6-17(14-30-20)31-22(36)19-15-35(32-21(19)25(27,28)29)18-7-4-16(26)5-8-18/h4-9,14-15H,10-13H2,1-3H3,(H,31,36). The van der Waals surface area contributed by atoms with Crippen LogP contribution in [-0.2, 0) is 10.9 Å². The van der Waals surface area contributed by atoms with Crippen molar-refractivity contribution in [3.05, 3.63) is 65.9 Å². The van der Waals surface area contributed by atoms with E-state index in [2.05, 4.69) is 15.4 Å². The maximum absolute atomic E-state index is 13.6. The number of rotatable bonds is 4. The monoisotopic (exact) mass is 534 g/mol. The summed E-state index contributed by atoms with van der Waals surface area (Å²) in [6, 6.07) is 7.81. The van der Waals surface area contributed by atoms with E-state index in [1.807, 2.05) is 4.90 Å². The first kappa shape index (κ1) is 26.9. The molecule has 9 nitrogen and oxygen atoms in total. The summed E-state index contributed by atoms with van der Waals surface area (Å²) in [6.07, 6.45) is -2.99. The Morgan fingerprint density at radius 3 is 2.18 bits per heavy atom. The number of ether oxygens (including phenoxy) is 1. The number of halogens is 4. The molecule has 38 heavy (non-hydrogen) atoms. The van der Waals surface area contributed by atoms with E-state index in [0.29, 0.717) is 32.0 Å². The first-order chi connectivity index (χ1) is 17.8. The molecule has 1 aliphatic heterocycles. The molecule has 0 bridgehead atoms. The van der Waals surface area contributed by atoms with Gasteiger partial charge in [0.05, 0.1) is 23.1 Å². The molecule has 0 spiro atoms. The number of hydrogen-bond acceptors (Lipinski definition) is 6. The number of benzene rings is 1. The van der Waals surface area contributed by atoms with Crippen LogP contribution in [0.3, 0.4) is 0 Å². The average Bonchev–Trinajstić information content (AvgIpc) is 3.31. The van der Waals surface area contributed by atoms with E-state index in [1.54, 1.807) is 31.7 Å². The molecule has 2 amide bonds. The third-order valence-corrected chi connectivity index (χ3v) is 5.58. The highest BCUT2D eigenvalue weighted by Crippen LogP contribution is 2.32. The highest BCUT2D eigenvalue weighted by molar-refractivity contribution is 6.05. The quantitative estimate of drug-likeness (QED) is 0.487. The molecule has 2 aromatic heterocycles. The Labute approximate surface area is 216 Å². The van der Waals surface area contributed by atoms with Crippen LogP contribution in [-0.4, -0.2) is 63.4 Å². The van der Waals surface area contributed by atoms with Crippen LogP contribution in [0.5, 0.6) is 0 Å². The summed E-state index contributed by atoms with van der Waals surface area (Å²) in [4.78, 5) is 32.9. The molecule has 0 saturated carbocycles. The molecule has 1 saturated heterocycles. The Hall–Kier alpha value is -4.16. The number of hydrogen-bond donors (Lipinski definition) is 1. The van der Waals surface area contributed by atoms with E-state index in [4.69, 9.17) is 4.74 Å². The largest absolute Gasteiger partial charge is 0.444 e. The summed E-state index contributed by atoms with van der Waals surface area (Å²) in [7, 11) is 0. The Balaban J connectivity index is 1.42. The molecule has 3 heterocycles. The van der Waals surface area contributed by atoms with Gasteiger partial charge < -0.3 is 19.9 Å². The Bertz CT molecular complexity index is 1290. The predicted octanol–water partition coefficient (Wildman–Crippen LogP) is 4.73. The number of carbonyl (C=O) groups excluding carboxylic acids is 2. The second-order valence-corrected chi connectivity index (χ2v) is 9.62. The second-order valence-electron chi connectivity index (χ2n) is 9.62. The van der Waals surface area contributed by atoms with Gasteiger partial charge in [0.25, 0.3) is 5.91 Å². The number of nitrogens with one attached hydrogen (secondary N) is 1. The minimum atomic E-state index is -4.89. The summed E-state index contributed by atoms with van der Waals surface area (Å²) in [6.45, 7) is 7.29. The number of anilines is 2. The van der Waals surface area contributed by atoms with Crippen molar-refractivity contribution in [1.29, 1.82) is 0 Å². The van der Waals surface area contributed by atoms with E-state index in [-0.39, 0.29) is 17.5 Å². The van der Waals surface area contributed by atoms with Crippen LogP contribution in [0, 0.1) is 5.82 Å². The smallest absolute Gasteiger partial charge is 0.435 e. The Morgan fingerprint density at radius 2 is 1.63 bits per heavy atom. The van der Waals surface area contributed by atoms with Gasteiger partial charge in [0.1, 0.15) is 17.2 Å². The Morgan fingerprint density at radius 1 is 0.974 bits per heavy atom. The van der Waals surface area contributed by atoms with E-state index >= 15 is 0 Å². The highest BCUT2D eigenvalue weighted by Gasteiger charge is 2.39. The molecular formula is C25H26F4N6O3. The third kappa shape index (κ3) is 6.39. The number of amides is 2. The molecule has 13 heteroatoms. The third-order valence-electron chi connectivity index (χ3n) is 5.58. The van der Waals surface area contributed by atoms with Gasteiger partial charge in [-0.25, -0.2) is 18.9 Å². The van der Waals surface area contributed by atoms with Gasteiger partial charge in [0, 0.05) is 32.4 Å². The fourth-order valence-corrected chi connectivity index (χ4v) is 3.77. The second kappa shape index (κ2) is 10.3. The number of aromatic nitrogens is 3. The van der Waals surface area contributed by atoms with Crippen molar-refractivity contribution in [2.24, 2.45) is 0 Å². The lowest BCUT2D eigenvalue weighted by Gasteiger charge is -2.36. The van der Waals surface area contributed by atoms with E-state index in [1.165, 1.54) is 24.4 Å². The highest BCUT2D eigenvalue weighted by atomic mass is 19.4. The van der Waals surface area contributed by atoms with Crippen LogP contribution in [0.1, 0.15) is 36.8 Å². The van der Waals surface area contributed by atoms with Crippen molar-refractivity contribution in [3.8, 4) is 5.69 Å². The molecule has 202 valence electrons. The van der Waals surface area contributed by atoms with Gasteiger partial charge in [-0.2, -0.15) is 18.3 Å². The maximum Gasteiger partial charge on any atom is 0.435 e. The molecule has 1 aliphatic rings. The predicted molar refractivity (Wildman–Crippen MR) is 131 cm³/mol. The molecule has 3 aromatic rings. The maximum atomic E-state index is 13.6. The zero-order valence-electron chi connectivity index (χ0n) is 20.9. The Kier molecular flexibility index (Phi) is 7.29. The van der Waals surface area contributed by atoms with Crippen molar-refractivity contribution >= 4 is 23.5 Å². The summed E-state index contributed by atoms with van der Waals surface area (Å²) < 4.78 is 60.2. The first-order valence-corrected chi connectivity index (χ1v) is 11.7. The van der Waals surface area contributed by atoms with Gasteiger partial charge in [-0.1, -0.05) is 0 Å². The van der Waals surface area contributed by atoms with Gasteiger partial charge in [-0.3, -0.25) is 4.79 Å². The lowest BCUT2D eigenvalue weighted by Crippen LogP contribution is -2.50. The summed E-state index contributed by atoms with van der Waals surface area (Å²) in [5, 5.41) is 5.92. The number of carbonyl (C=O) groups is 2. The molecule has 0 unspecified atom stereocenters. The van der Waals surface area contributed by atoms with Crippen molar-refractivity contribution < 1.29 is 31.9 Å².